The van der Waals surface area contributed by atoms with Crippen molar-refractivity contribution in [1.82, 2.24) is 15.1 Å². The molecule has 4 rings (SSSR count). The van der Waals surface area contributed by atoms with E-state index in [9.17, 15) is 0 Å². The molecule has 6 nitrogen and oxygen atoms in total. The number of benzene rings is 1. The van der Waals surface area contributed by atoms with Gasteiger partial charge in [-0.05, 0) is 18.1 Å². The van der Waals surface area contributed by atoms with Crippen LogP contribution in [0, 0.1) is 0 Å². The molecule has 0 bridgehead atoms. The zero-order valence-electron chi connectivity index (χ0n) is 11.3. The Labute approximate surface area is 121 Å². The van der Waals surface area contributed by atoms with E-state index < -0.39 is 0 Å². The lowest BCUT2D eigenvalue weighted by molar-refractivity contribution is 0.270. The highest BCUT2D eigenvalue weighted by Crippen LogP contribution is 2.33. The summed E-state index contributed by atoms with van der Waals surface area (Å²) in [5, 5.41) is 7.94. The Hall–Kier alpha value is -2.63. The Morgan fingerprint density at radius 3 is 3.19 bits per heavy atom. The molecule has 0 radical (unpaired) electrons. The number of aromatic nitrogens is 3. The minimum absolute atomic E-state index is 0.403. The summed E-state index contributed by atoms with van der Waals surface area (Å²) in [6.45, 7) is 1.54. The van der Waals surface area contributed by atoms with Gasteiger partial charge in [0.05, 0.1) is 12.8 Å². The normalized spacial score (nSPS) is 17.2. The summed E-state index contributed by atoms with van der Waals surface area (Å²) in [5.41, 5.74) is 1.74. The number of fused-ring (bicyclic) bond motifs is 2. The van der Waals surface area contributed by atoms with Gasteiger partial charge >= 0.3 is 0 Å². The number of para-hydroxylation sites is 1. The van der Waals surface area contributed by atoms with Crippen molar-refractivity contribution in [1.29, 1.82) is 0 Å². The third-order valence-corrected chi connectivity index (χ3v) is 3.77. The fourth-order valence-corrected chi connectivity index (χ4v) is 2.69. The van der Waals surface area contributed by atoms with Gasteiger partial charge in [-0.3, -0.25) is 0 Å². The molecule has 1 aliphatic heterocycles. The fraction of sp³-hybridized carbons (Fsp3) is 0.267. The van der Waals surface area contributed by atoms with E-state index in [1.165, 1.54) is 11.9 Å². The quantitative estimate of drug-likeness (QED) is 0.796. The average molecular weight is 282 g/mol. The highest BCUT2D eigenvalue weighted by Gasteiger charge is 2.21. The van der Waals surface area contributed by atoms with Crippen LogP contribution in [-0.4, -0.2) is 28.3 Å². The van der Waals surface area contributed by atoms with Crippen LogP contribution in [0.4, 0.5) is 5.82 Å². The van der Waals surface area contributed by atoms with Crippen LogP contribution >= 0.6 is 0 Å². The van der Waals surface area contributed by atoms with Gasteiger partial charge in [0.25, 0.3) is 5.71 Å². The van der Waals surface area contributed by atoms with Gasteiger partial charge in [0.15, 0.2) is 0 Å². The van der Waals surface area contributed by atoms with E-state index in [4.69, 9.17) is 9.26 Å². The molecule has 3 aromatic rings. The van der Waals surface area contributed by atoms with Gasteiger partial charge in [-0.15, -0.1) is 0 Å². The molecular weight excluding hydrogens is 268 g/mol. The van der Waals surface area contributed by atoms with Crippen LogP contribution in [0.25, 0.3) is 11.1 Å². The van der Waals surface area contributed by atoms with E-state index in [0.29, 0.717) is 11.6 Å². The Balaban J connectivity index is 1.57. The number of nitrogens with zero attached hydrogens (tertiary/aromatic N) is 3. The fourth-order valence-electron chi connectivity index (χ4n) is 2.69. The first kappa shape index (κ1) is 12.1. The van der Waals surface area contributed by atoms with Crippen LogP contribution in [-0.2, 0) is 0 Å². The van der Waals surface area contributed by atoms with Gasteiger partial charge in [0, 0.05) is 12.5 Å². The van der Waals surface area contributed by atoms with E-state index >= 15 is 0 Å². The van der Waals surface area contributed by atoms with Crippen LogP contribution in [0.1, 0.15) is 17.9 Å². The topological polar surface area (TPSA) is 73.1 Å². The van der Waals surface area contributed by atoms with E-state index in [1.807, 2.05) is 18.2 Å². The number of anilines is 1. The summed E-state index contributed by atoms with van der Waals surface area (Å²) in [7, 11) is 0. The summed E-state index contributed by atoms with van der Waals surface area (Å²) >= 11 is 0. The molecule has 0 saturated heterocycles. The monoisotopic (exact) mass is 282 g/mol. The summed E-state index contributed by atoms with van der Waals surface area (Å²) in [4.78, 5) is 8.30. The van der Waals surface area contributed by atoms with Crippen molar-refractivity contribution in [2.75, 3.05) is 18.5 Å². The molecule has 21 heavy (non-hydrogen) atoms. The number of nitrogens with one attached hydrogen (secondary N) is 1. The number of hydrogen-bond acceptors (Lipinski definition) is 6. The maximum Gasteiger partial charge on any atom is 0.262 e. The van der Waals surface area contributed by atoms with Crippen molar-refractivity contribution in [3.8, 4) is 5.75 Å². The predicted octanol–water partition coefficient (Wildman–Crippen LogP) is 2.60. The Bertz CT molecular complexity index is 771. The van der Waals surface area contributed by atoms with Gasteiger partial charge in [0.2, 0.25) is 0 Å². The molecule has 0 fully saturated rings. The summed E-state index contributed by atoms with van der Waals surface area (Å²) < 4.78 is 10.7. The van der Waals surface area contributed by atoms with Crippen LogP contribution in [0.3, 0.4) is 0 Å². The van der Waals surface area contributed by atoms with Crippen LogP contribution in [0.15, 0.2) is 41.3 Å². The lowest BCUT2D eigenvalue weighted by Gasteiger charge is -2.26. The van der Waals surface area contributed by atoms with E-state index in [-0.39, 0.29) is 0 Å². The number of hydrogen-bond donors (Lipinski definition) is 1. The lowest BCUT2D eigenvalue weighted by atomic mass is 9.93. The maximum atomic E-state index is 5.69. The summed E-state index contributed by atoms with van der Waals surface area (Å²) in [5.74, 6) is 2.14. The number of ether oxygens (including phenoxy) is 1. The first-order chi connectivity index (χ1) is 10.4. The van der Waals surface area contributed by atoms with Crippen LogP contribution < -0.4 is 10.1 Å². The van der Waals surface area contributed by atoms with Crippen molar-refractivity contribution >= 4 is 16.9 Å². The zero-order chi connectivity index (χ0) is 14.1. The van der Waals surface area contributed by atoms with Crippen molar-refractivity contribution < 1.29 is 9.26 Å². The van der Waals surface area contributed by atoms with Crippen molar-refractivity contribution in [2.45, 2.75) is 12.3 Å². The lowest BCUT2D eigenvalue weighted by Crippen LogP contribution is -2.21. The van der Waals surface area contributed by atoms with E-state index in [2.05, 4.69) is 26.5 Å². The molecule has 106 valence electrons. The molecule has 0 aliphatic carbocycles. The van der Waals surface area contributed by atoms with Crippen molar-refractivity contribution in [3.63, 3.8) is 0 Å². The molecule has 2 aromatic heterocycles. The largest absolute Gasteiger partial charge is 0.493 e. The molecule has 0 amide bonds. The van der Waals surface area contributed by atoms with Gasteiger partial charge < -0.3 is 14.6 Å². The first-order valence-electron chi connectivity index (χ1n) is 6.93. The predicted molar refractivity (Wildman–Crippen MR) is 77.4 cm³/mol. The van der Waals surface area contributed by atoms with Gasteiger partial charge in [0.1, 0.15) is 23.3 Å². The summed E-state index contributed by atoms with van der Waals surface area (Å²) in [6.07, 6.45) is 4.10. The van der Waals surface area contributed by atoms with Gasteiger partial charge in [-0.2, -0.15) is 4.98 Å². The van der Waals surface area contributed by atoms with Crippen LogP contribution in [0.2, 0.25) is 0 Å². The van der Waals surface area contributed by atoms with Crippen molar-refractivity contribution in [3.05, 3.63) is 42.4 Å². The second kappa shape index (κ2) is 5.05. The minimum Gasteiger partial charge on any atom is -0.493 e. The Morgan fingerprint density at radius 2 is 2.19 bits per heavy atom. The Morgan fingerprint density at radius 1 is 1.24 bits per heavy atom. The third kappa shape index (κ3) is 2.18. The summed E-state index contributed by atoms with van der Waals surface area (Å²) in [6, 6.07) is 8.18. The first-order valence-corrected chi connectivity index (χ1v) is 6.93. The molecule has 3 heterocycles. The van der Waals surface area contributed by atoms with E-state index in [0.717, 1.165) is 36.5 Å². The molecule has 1 aromatic carbocycles. The Kier molecular flexibility index (Phi) is 2.92. The molecule has 1 unspecified atom stereocenters. The molecule has 1 atom stereocenters. The zero-order valence-corrected chi connectivity index (χ0v) is 11.3. The second-order valence-electron chi connectivity index (χ2n) is 5.02. The molecule has 0 saturated carbocycles. The molecule has 0 spiro atoms. The highest BCUT2D eigenvalue weighted by molar-refractivity contribution is 5.84. The average Bonchev–Trinajstić information content (AvgIpc) is 3.02. The molecular formula is C15H14N4O2. The number of rotatable bonds is 3. The minimum atomic E-state index is 0.403. The standard InChI is InChI=1S/C15H14N4O2/c1-2-4-13-11(3-1)10(5-6-20-13)7-16-14-12-8-19-21-15(12)18-9-17-14/h1-4,8-10H,5-7H2,(H,16,17,18). The van der Waals surface area contributed by atoms with E-state index in [1.54, 1.807) is 6.20 Å². The smallest absolute Gasteiger partial charge is 0.262 e. The van der Waals surface area contributed by atoms with Gasteiger partial charge in [-0.1, -0.05) is 23.4 Å². The van der Waals surface area contributed by atoms with Crippen LogP contribution in [0.5, 0.6) is 5.75 Å². The van der Waals surface area contributed by atoms with Gasteiger partial charge in [-0.25, -0.2) is 4.98 Å². The molecule has 1 aliphatic rings. The molecule has 1 N–H and O–H groups in total. The van der Waals surface area contributed by atoms with Crippen molar-refractivity contribution in [2.24, 2.45) is 0 Å². The second-order valence-corrected chi connectivity index (χ2v) is 5.02. The SMILES string of the molecule is c1ccc2c(c1)OCCC2CNc1ncnc2oncc12. The third-order valence-electron chi connectivity index (χ3n) is 3.77. The molecule has 6 heteroatoms. The maximum absolute atomic E-state index is 5.69. The highest BCUT2D eigenvalue weighted by atomic mass is 16.5.